The van der Waals surface area contributed by atoms with E-state index in [0.29, 0.717) is 26.4 Å². The van der Waals surface area contributed by atoms with Crippen molar-refractivity contribution >= 4 is 47.0 Å². The summed E-state index contributed by atoms with van der Waals surface area (Å²) in [6.07, 6.45) is 3.00. The minimum atomic E-state index is 0. The zero-order chi connectivity index (χ0) is 20.3. The van der Waals surface area contributed by atoms with E-state index in [1.807, 2.05) is 32.0 Å². The normalized spacial score (nSPS) is 13.5. The molecule has 3 rings (SSSR count). The predicted octanol–water partition coefficient (Wildman–Crippen LogP) is 4.94. The number of ether oxygens (including phenoxy) is 3. The summed E-state index contributed by atoms with van der Waals surface area (Å²) in [5.41, 5.74) is 0.926. The molecule has 1 aliphatic rings. The van der Waals surface area contributed by atoms with Gasteiger partial charge in [-0.15, -0.1) is 35.3 Å². The SMILES string of the molecule is CC(C)OCCCN=C(NCCc1cccs1)Nc1ccc2c(c1)OCCCO2.I. The van der Waals surface area contributed by atoms with Gasteiger partial charge in [0.1, 0.15) is 0 Å². The predicted molar refractivity (Wildman–Crippen MR) is 135 cm³/mol. The van der Waals surface area contributed by atoms with Crippen LogP contribution in [0.4, 0.5) is 5.69 Å². The molecule has 0 fully saturated rings. The largest absolute Gasteiger partial charge is 0.490 e. The van der Waals surface area contributed by atoms with Crippen LogP contribution >= 0.6 is 35.3 Å². The van der Waals surface area contributed by atoms with E-state index < -0.39 is 0 Å². The molecule has 0 unspecified atom stereocenters. The lowest BCUT2D eigenvalue weighted by molar-refractivity contribution is 0.0783. The highest BCUT2D eigenvalue weighted by Crippen LogP contribution is 2.32. The molecule has 166 valence electrons. The zero-order valence-corrected chi connectivity index (χ0v) is 20.8. The summed E-state index contributed by atoms with van der Waals surface area (Å²) >= 11 is 1.78. The first kappa shape index (κ1) is 24.7. The molecule has 30 heavy (non-hydrogen) atoms. The first-order valence-electron chi connectivity index (χ1n) is 10.3. The summed E-state index contributed by atoms with van der Waals surface area (Å²) in [5.74, 6) is 2.33. The van der Waals surface area contributed by atoms with Crippen molar-refractivity contribution in [1.82, 2.24) is 5.32 Å². The van der Waals surface area contributed by atoms with Crippen LogP contribution in [0.3, 0.4) is 0 Å². The van der Waals surface area contributed by atoms with Crippen LogP contribution in [0.25, 0.3) is 0 Å². The number of aliphatic imine (C=N–C) groups is 1. The van der Waals surface area contributed by atoms with Crippen LogP contribution < -0.4 is 20.1 Å². The lowest BCUT2D eigenvalue weighted by Gasteiger charge is -2.14. The smallest absolute Gasteiger partial charge is 0.195 e. The number of thiophene rings is 1. The van der Waals surface area contributed by atoms with Crippen molar-refractivity contribution in [3.8, 4) is 11.5 Å². The number of fused-ring (bicyclic) bond motifs is 1. The second-order valence-electron chi connectivity index (χ2n) is 7.10. The molecule has 2 N–H and O–H groups in total. The summed E-state index contributed by atoms with van der Waals surface area (Å²) in [5, 5.41) is 8.93. The molecule has 0 spiro atoms. The number of hydrogen-bond donors (Lipinski definition) is 2. The molecule has 0 atom stereocenters. The Kier molecular flexibility index (Phi) is 11.3. The van der Waals surface area contributed by atoms with Gasteiger partial charge in [-0.1, -0.05) is 6.07 Å². The molecule has 0 saturated heterocycles. The number of rotatable bonds is 9. The van der Waals surface area contributed by atoms with Gasteiger partial charge in [0.05, 0.1) is 19.3 Å². The van der Waals surface area contributed by atoms with Gasteiger partial charge in [-0.2, -0.15) is 0 Å². The van der Waals surface area contributed by atoms with Crippen molar-refractivity contribution in [2.75, 3.05) is 38.2 Å². The Hall–Kier alpha value is -1.52. The number of nitrogens with one attached hydrogen (secondary N) is 2. The Morgan fingerprint density at radius 2 is 2.03 bits per heavy atom. The fraction of sp³-hybridized carbons (Fsp3) is 0.500. The van der Waals surface area contributed by atoms with E-state index in [-0.39, 0.29) is 30.1 Å². The fourth-order valence-corrected chi connectivity index (χ4v) is 3.56. The van der Waals surface area contributed by atoms with Gasteiger partial charge >= 0.3 is 0 Å². The van der Waals surface area contributed by atoms with Crippen LogP contribution in [0.1, 0.15) is 31.6 Å². The van der Waals surface area contributed by atoms with Crippen LogP contribution in [0.5, 0.6) is 11.5 Å². The topological polar surface area (TPSA) is 64.1 Å². The molecule has 0 bridgehead atoms. The lowest BCUT2D eigenvalue weighted by Crippen LogP contribution is -2.32. The molecule has 8 heteroatoms. The molecule has 0 aliphatic carbocycles. The van der Waals surface area contributed by atoms with E-state index in [9.17, 15) is 0 Å². The molecular weight excluding hydrogens is 513 g/mol. The number of benzene rings is 1. The van der Waals surface area contributed by atoms with Crippen LogP contribution in [0, 0.1) is 0 Å². The summed E-state index contributed by atoms with van der Waals surface area (Å²) in [6, 6.07) is 10.1. The number of nitrogens with zero attached hydrogens (tertiary/aromatic N) is 1. The zero-order valence-electron chi connectivity index (χ0n) is 17.7. The van der Waals surface area contributed by atoms with E-state index in [1.54, 1.807) is 11.3 Å². The quantitative estimate of drug-likeness (QED) is 0.202. The van der Waals surface area contributed by atoms with E-state index in [2.05, 4.69) is 28.1 Å². The number of hydrogen-bond acceptors (Lipinski definition) is 5. The van der Waals surface area contributed by atoms with Gasteiger partial charge in [0.15, 0.2) is 17.5 Å². The molecule has 2 aromatic rings. The first-order valence-corrected chi connectivity index (χ1v) is 11.2. The summed E-state index contributed by atoms with van der Waals surface area (Å²) in [7, 11) is 0. The van der Waals surface area contributed by atoms with Crippen molar-refractivity contribution in [3.05, 3.63) is 40.6 Å². The minimum Gasteiger partial charge on any atom is -0.490 e. The standard InChI is InChI=1S/C22H31N3O3S.HI/c1-17(2)26-12-4-10-23-22(24-11-9-19-6-3-15-29-19)25-18-7-8-20-21(16-18)28-14-5-13-27-20;/h3,6-8,15-17H,4-5,9-14H2,1-2H3,(H2,23,24,25);1H. The highest BCUT2D eigenvalue weighted by Gasteiger charge is 2.11. The van der Waals surface area contributed by atoms with Crippen LogP contribution in [0.15, 0.2) is 40.7 Å². The van der Waals surface area contributed by atoms with Crippen molar-refractivity contribution in [1.29, 1.82) is 0 Å². The molecule has 0 radical (unpaired) electrons. The molecule has 6 nitrogen and oxygen atoms in total. The van der Waals surface area contributed by atoms with Gasteiger partial charge in [0.2, 0.25) is 0 Å². The minimum absolute atomic E-state index is 0. The highest BCUT2D eigenvalue weighted by atomic mass is 127. The Morgan fingerprint density at radius 3 is 2.80 bits per heavy atom. The first-order chi connectivity index (χ1) is 14.2. The average molecular weight is 545 g/mol. The Balaban J connectivity index is 0.00000320. The van der Waals surface area contributed by atoms with Gasteiger partial charge < -0.3 is 24.8 Å². The highest BCUT2D eigenvalue weighted by molar-refractivity contribution is 14.0. The Morgan fingerprint density at radius 1 is 1.20 bits per heavy atom. The molecular formula is C22H32IN3O3S. The second-order valence-corrected chi connectivity index (χ2v) is 8.13. The molecule has 2 heterocycles. The van der Waals surface area contributed by atoms with E-state index in [1.165, 1.54) is 4.88 Å². The maximum atomic E-state index is 5.80. The average Bonchev–Trinajstić information content (AvgIpc) is 3.11. The molecule has 0 saturated carbocycles. The van der Waals surface area contributed by atoms with Gasteiger partial charge in [0.25, 0.3) is 0 Å². The monoisotopic (exact) mass is 545 g/mol. The summed E-state index contributed by atoms with van der Waals surface area (Å²) in [4.78, 5) is 6.07. The third-order valence-corrected chi connectivity index (χ3v) is 5.21. The Bertz CT molecular complexity index is 769. The molecule has 1 aliphatic heterocycles. The van der Waals surface area contributed by atoms with Crippen LogP contribution in [0.2, 0.25) is 0 Å². The fourth-order valence-electron chi connectivity index (χ4n) is 2.85. The summed E-state index contributed by atoms with van der Waals surface area (Å²) in [6.45, 7) is 7.69. The van der Waals surface area contributed by atoms with Crippen LogP contribution in [-0.4, -0.2) is 45.0 Å². The van der Waals surface area contributed by atoms with Crippen molar-refractivity contribution in [2.45, 2.75) is 39.2 Å². The van der Waals surface area contributed by atoms with E-state index >= 15 is 0 Å². The maximum absolute atomic E-state index is 5.80. The number of halogens is 1. The number of anilines is 1. The third kappa shape index (κ3) is 8.69. The van der Waals surface area contributed by atoms with E-state index in [0.717, 1.165) is 49.0 Å². The van der Waals surface area contributed by atoms with Crippen LogP contribution in [-0.2, 0) is 11.2 Å². The number of guanidine groups is 1. The van der Waals surface area contributed by atoms with Crippen molar-refractivity contribution < 1.29 is 14.2 Å². The summed E-state index contributed by atoms with van der Waals surface area (Å²) < 4.78 is 17.1. The van der Waals surface area contributed by atoms with Gasteiger partial charge in [-0.3, -0.25) is 4.99 Å². The maximum Gasteiger partial charge on any atom is 0.195 e. The van der Waals surface area contributed by atoms with Crippen molar-refractivity contribution in [2.24, 2.45) is 4.99 Å². The Labute approximate surface area is 200 Å². The van der Waals surface area contributed by atoms with E-state index in [4.69, 9.17) is 19.2 Å². The molecule has 1 aromatic heterocycles. The lowest BCUT2D eigenvalue weighted by atomic mass is 10.2. The molecule has 1 aromatic carbocycles. The van der Waals surface area contributed by atoms with Gasteiger partial charge in [-0.25, -0.2) is 0 Å². The van der Waals surface area contributed by atoms with Gasteiger partial charge in [-0.05, 0) is 50.3 Å². The van der Waals surface area contributed by atoms with Crippen molar-refractivity contribution in [3.63, 3.8) is 0 Å². The second kappa shape index (κ2) is 13.7. The third-order valence-electron chi connectivity index (χ3n) is 4.28. The molecule has 0 amide bonds. The van der Waals surface area contributed by atoms with Gasteiger partial charge in [0, 0.05) is 42.7 Å².